The molecule has 0 saturated carbocycles. The molecule has 9 heteroatoms. The third-order valence-electron chi connectivity index (χ3n) is 5.23. The van der Waals surface area contributed by atoms with Crippen LogP contribution in [0, 0.1) is 12.7 Å². The van der Waals surface area contributed by atoms with Gasteiger partial charge in [-0.2, -0.15) is 5.10 Å². The molecule has 0 bridgehead atoms. The van der Waals surface area contributed by atoms with Gasteiger partial charge in [0.05, 0.1) is 34.6 Å². The van der Waals surface area contributed by atoms with E-state index in [-0.39, 0.29) is 29.3 Å². The zero-order valence-electron chi connectivity index (χ0n) is 17.0. The summed E-state index contributed by atoms with van der Waals surface area (Å²) in [4.78, 5) is 17.1. The maximum atomic E-state index is 13.3. The largest absolute Gasteiger partial charge is 0.334 e. The summed E-state index contributed by atoms with van der Waals surface area (Å²) in [5, 5.41) is 4.30. The van der Waals surface area contributed by atoms with Gasteiger partial charge in [0.25, 0.3) is 5.91 Å². The van der Waals surface area contributed by atoms with Crippen LogP contribution in [0.1, 0.15) is 28.9 Å². The minimum atomic E-state index is -3.11. The van der Waals surface area contributed by atoms with Crippen molar-refractivity contribution in [2.45, 2.75) is 25.8 Å². The Morgan fingerprint density at radius 3 is 2.52 bits per heavy atom. The van der Waals surface area contributed by atoms with Gasteiger partial charge in [-0.1, -0.05) is 0 Å². The predicted molar refractivity (Wildman–Crippen MR) is 110 cm³/mol. The lowest BCUT2D eigenvalue weighted by Crippen LogP contribution is -2.42. The lowest BCUT2D eigenvalue weighted by Gasteiger charge is -2.29. The predicted octanol–water partition coefficient (Wildman–Crippen LogP) is 1.90. The number of nitrogens with zero attached hydrogens (tertiary/aromatic N) is 4. The Hall–Kier alpha value is -2.26. The Morgan fingerprint density at radius 1 is 1.24 bits per heavy atom. The molecule has 29 heavy (non-hydrogen) atoms. The topological polar surface area (TPSA) is 75.5 Å². The van der Waals surface area contributed by atoms with Gasteiger partial charge in [-0.3, -0.25) is 4.79 Å². The third-order valence-corrected chi connectivity index (χ3v) is 6.98. The van der Waals surface area contributed by atoms with Crippen LogP contribution in [0.4, 0.5) is 4.39 Å². The van der Waals surface area contributed by atoms with E-state index in [2.05, 4.69) is 5.10 Å². The van der Waals surface area contributed by atoms with Crippen LogP contribution >= 0.6 is 0 Å². The molecule has 1 aromatic carbocycles. The minimum Gasteiger partial charge on any atom is -0.334 e. The number of halogens is 1. The molecule has 0 radical (unpaired) electrons. The van der Waals surface area contributed by atoms with Crippen molar-refractivity contribution in [3.05, 3.63) is 47.5 Å². The quantitative estimate of drug-likeness (QED) is 0.681. The number of benzene rings is 1. The SMILES string of the molecule is Cc1c(C(=O)N(CCCN(C)C)C2CCS(=O)(=O)C2)cnn1-c1ccc(F)cc1. The molecule has 3 rings (SSSR count). The van der Waals surface area contributed by atoms with E-state index < -0.39 is 9.84 Å². The molecule has 1 amide bonds. The Balaban J connectivity index is 1.86. The number of hydrogen-bond acceptors (Lipinski definition) is 5. The molecular weight excluding hydrogens is 395 g/mol. The first-order valence-corrected chi connectivity index (χ1v) is 11.5. The summed E-state index contributed by atoms with van der Waals surface area (Å²) in [5.41, 5.74) is 1.73. The van der Waals surface area contributed by atoms with Crippen molar-refractivity contribution in [1.29, 1.82) is 0 Å². The zero-order valence-corrected chi connectivity index (χ0v) is 17.8. The van der Waals surface area contributed by atoms with E-state index in [0.717, 1.165) is 13.0 Å². The summed E-state index contributed by atoms with van der Waals surface area (Å²) in [6.07, 6.45) is 2.71. The van der Waals surface area contributed by atoms with Gasteiger partial charge < -0.3 is 9.80 Å². The molecule has 1 aliphatic rings. The molecule has 2 heterocycles. The maximum absolute atomic E-state index is 13.3. The molecule has 0 spiro atoms. The van der Waals surface area contributed by atoms with E-state index >= 15 is 0 Å². The van der Waals surface area contributed by atoms with Crippen molar-refractivity contribution >= 4 is 15.7 Å². The number of rotatable bonds is 7. The van der Waals surface area contributed by atoms with E-state index in [4.69, 9.17) is 0 Å². The number of hydrogen-bond donors (Lipinski definition) is 0. The Bertz CT molecular complexity index is 970. The fourth-order valence-corrected chi connectivity index (χ4v) is 5.38. The standard InChI is InChI=1S/C20H27FN4O3S/c1-15-19(13-22-25(15)17-7-5-16(21)6-8-17)20(26)24(11-4-10-23(2)3)18-9-12-29(27,28)14-18/h5-8,13,18H,4,9-12,14H2,1-3H3. The molecule has 158 valence electrons. The summed E-state index contributed by atoms with van der Waals surface area (Å²) < 4.78 is 38.8. The highest BCUT2D eigenvalue weighted by Crippen LogP contribution is 2.23. The average Bonchev–Trinajstić information content (AvgIpc) is 3.21. The van der Waals surface area contributed by atoms with Crippen LogP contribution < -0.4 is 0 Å². The molecule has 1 unspecified atom stereocenters. The van der Waals surface area contributed by atoms with E-state index in [1.54, 1.807) is 28.6 Å². The molecule has 2 aromatic rings. The first kappa shape index (κ1) is 21.4. The number of amides is 1. The summed E-state index contributed by atoms with van der Waals surface area (Å²) in [7, 11) is 0.813. The summed E-state index contributed by atoms with van der Waals surface area (Å²) in [5.74, 6) is -0.435. The van der Waals surface area contributed by atoms with Crippen molar-refractivity contribution in [1.82, 2.24) is 19.6 Å². The van der Waals surface area contributed by atoms with Crippen molar-refractivity contribution in [2.24, 2.45) is 0 Å². The van der Waals surface area contributed by atoms with Crippen LogP contribution in [-0.2, 0) is 9.84 Å². The molecule has 1 aromatic heterocycles. The Labute approximate surface area is 171 Å². The Morgan fingerprint density at radius 2 is 1.93 bits per heavy atom. The highest BCUT2D eigenvalue weighted by Gasteiger charge is 2.35. The number of aromatic nitrogens is 2. The van der Waals surface area contributed by atoms with Gasteiger partial charge in [0, 0.05) is 12.6 Å². The number of carbonyl (C=O) groups excluding carboxylic acids is 1. The maximum Gasteiger partial charge on any atom is 0.257 e. The van der Waals surface area contributed by atoms with E-state index in [1.165, 1.54) is 18.3 Å². The van der Waals surface area contributed by atoms with E-state index in [0.29, 0.717) is 29.9 Å². The smallest absolute Gasteiger partial charge is 0.257 e. The van der Waals surface area contributed by atoms with Crippen molar-refractivity contribution < 1.29 is 17.6 Å². The van der Waals surface area contributed by atoms with Gasteiger partial charge in [-0.25, -0.2) is 17.5 Å². The van der Waals surface area contributed by atoms with Crippen LogP contribution in [-0.4, -0.2) is 78.6 Å². The van der Waals surface area contributed by atoms with Gasteiger partial charge in [-0.15, -0.1) is 0 Å². The van der Waals surface area contributed by atoms with Gasteiger partial charge in [-0.05, 0) is 64.7 Å². The van der Waals surface area contributed by atoms with Crippen molar-refractivity contribution in [2.75, 3.05) is 38.7 Å². The lowest BCUT2D eigenvalue weighted by molar-refractivity contribution is 0.0689. The molecular formula is C20H27FN4O3S. The van der Waals surface area contributed by atoms with E-state index in [1.807, 2.05) is 19.0 Å². The van der Waals surface area contributed by atoms with Gasteiger partial charge >= 0.3 is 0 Å². The normalized spacial score (nSPS) is 18.3. The van der Waals surface area contributed by atoms with Gasteiger partial charge in [0.15, 0.2) is 9.84 Å². The lowest BCUT2D eigenvalue weighted by atomic mass is 10.1. The monoisotopic (exact) mass is 422 g/mol. The van der Waals surface area contributed by atoms with Crippen LogP contribution in [0.3, 0.4) is 0 Å². The molecule has 1 saturated heterocycles. The molecule has 0 N–H and O–H groups in total. The minimum absolute atomic E-state index is 0.00580. The van der Waals surface area contributed by atoms with Crippen LogP contribution in [0.2, 0.25) is 0 Å². The summed E-state index contributed by atoms with van der Waals surface area (Å²) in [6, 6.07) is 5.57. The second-order valence-corrected chi connectivity index (χ2v) is 9.97. The average molecular weight is 423 g/mol. The second kappa shape index (κ2) is 8.62. The summed E-state index contributed by atoms with van der Waals surface area (Å²) >= 11 is 0. The number of carbonyl (C=O) groups is 1. The fourth-order valence-electron chi connectivity index (χ4n) is 3.65. The Kier molecular flexibility index (Phi) is 6.38. The highest BCUT2D eigenvalue weighted by atomic mass is 32.2. The van der Waals surface area contributed by atoms with Crippen molar-refractivity contribution in [3.63, 3.8) is 0 Å². The van der Waals surface area contributed by atoms with Gasteiger partial charge in [0.1, 0.15) is 5.82 Å². The second-order valence-electron chi connectivity index (χ2n) is 7.74. The fraction of sp³-hybridized carbons (Fsp3) is 0.500. The molecule has 1 aliphatic heterocycles. The summed E-state index contributed by atoms with van der Waals surface area (Å²) in [6.45, 7) is 3.07. The van der Waals surface area contributed by atoms with Crippen LogP contribution in [0.25, 0.3) is 5.69 Å². The number of sulfone groups is 1. The van der Waals surface area contributed by atoms with Crippen LogP contribution in [0.15, 0.2) is 30.5 Å². The van der Waals surface area contributed by atoms with Gasteiger partial charge in [0.2, 0.25) is 0 Å². The first-order chi connectivity index (χ1) is 13.7. The van der Waals surface area contributed by atoms with Crippen molar-refractivity contribution in [3.8, 4) is 5.69 Å². The highest BCUT2D eigenvalue weighted by molar-refractivity contribution is 7.91. The molecule has 1 atom stereocenters. The van der Waals surface area contributed by atoms with E-state index in [9.17, 15) is 17.6 Å². The zero-order chi connectivity index (χ0) is 21.2. The molecule has 0 aliphatic carbocycles. The molecule has 7 nitrogen and oxygen atoms in total. The third kappa shape index (κ3) is 5.02. The van der Waals surface area contributed by atoms with Crippen LogP contribution in [0.5, 0.6) is 0 Å². The molecule has 1 fully saturated rings. The first-order valence-electron chi connectivity index (χ1n) is 9.64.